The number of nitrogens with one attached hydrogen (secondary N) is 2. The molecule has 7 heteroatoms. The minimum atomic E-state index is -3.87. The summed E-state index contributed by atoms with van der Waals surface area (Å²) in [6.45, 7) is 4.22. The number of sulfonamides is 1. The molecule has 0 fully saturated rings. The van der Waals surface area contributed by atoms with Gasteiger partial charge in [0.15, 0.2) is 0 Å². The standard InChI is InChI=1S/C23H24N2O4S/c1-3-29-19-13-15-20(16-14-19)30(27,28)25-22-12-8-7-11-21(22)23(26)24-17(2)18-9-5-4-6-10-18/h4-17,25H,3H2,1-2H3,(H,24,26)/t17-/m0/s1. The molecular formula is C23H24N2O4S. The molecule has 0 aliphatic carbocycles. The fourth-order valence-electron chi connectivity index (χ4n) is 2.95. The molecule has 156 valence electrons. The summed E-state index contributed by atoms with van der Waals surface area (Å²) in [6.07, 6.45) is 0. The van der Waals surface area contributed by atoms with Gasteiger partial charge in [0.05, 0.1) is 28.8 Å². The average Bonchev–Trinajstić information content (AvgIpc) is 2.75. The Balaban J connectivity index is 1.79. The van der Waals surface area contributed by atoms with E-state index in [1.807, 2.05) is 44.2 Å². The fraction of sp³-hybridized carbons (Fsp3) is 0.174. The highest BCUT2D eigenvalue weighted by Crippen LogP contribution is 2.23. The van der Waals surface area contributed by atoms with Gasteiger partial charge < -0.3 is 10.1 Å². The van der Waals surface area contributed by atoms with Crippen molar-refractivity contribution in [2.75, 3.05) is 11.3 Å². The predicted molar refractivity (Wildman–Crippen MR) is 117 cm³/mol. The van der Waals surface area contributed by atoms with E-state index in [-0.39, 0.29) is 28.1 Å². The number of anilines is 1. The van der Waals surface area contributed by atoms with Crippen molar-refractivity contribution in [3.8, 4) is 5.75 Å². The highest BCUT2D eigenvalue weighted by molar-refractivity contribution is 7.92. The lowest BCUT2D eigenvalue weighted by atomic mass is 10.1. The smallest absolute Gasteiger partial charge is 0.261 e. The Bertz CT molecular complexity index is 1100. The number of para-hydroxylation sites is 1. The van der Waals surface area contributed by atoms with Gasteiger partial charge in [0.25, 0.3) is 15.9 Å². The van der Waals surface area contributed by atoms with Gasteiger partial charge >= 0.3 is 0 Å². The summed E-state index contributed by atoms with van der Waals surface area (Å²) in [5.41, 5.74) is 1.41. The molecule has 0 unspecified atom stereocenters. The molecule has 0 aromatic heterocycles. The van der Waals surface area contributed by atoms with Crippen molar-refractivity contribution in [2.24, 2.45) is 0 Å². The fourth-order valence-corrected chi connectivity index (χ4v) is 4.03. The lowest BCUT2D eigenvalue weighted by molar-refractivity contribution is 0.0941. The van der Waals surface area contributed by atoms with Gasteiger partial charge in [0.1, 0.15) is 5.75 Å². The van der Waals surface area contributed by atoms with E-state index in [4.69, 9.17) is 4.74 Å². The van der Waals surface area contributed by atoms with E-state index in [1.54, 1.807) is 36.4 Å². The van der Waals surface area contributed by atoms with E-state index in [2.05, 4.69) is 10.0 Å². The van der Waals surface area contributed by atoms with Crippen LogP contribution in [0, 0.1) is 0 Å². The normalized spacial score (nSPS) is 12.1. The predicted octanol–water partition coefficient (Wildman–Crippen LogP) is 4.38. The Morgan fingerprint density at radius 3 is 2.23 bits per heavy atom. The van der Waals surface area contributed by atoms with Crippen LogP contribution in [0.5, 0.6) is 5.75 Å². The van der Waals surface area contributed by atoms with E-state index in [0.717, 1.165) is 5.56 Å². The van der Waals surface area contributed by atoms with Crippen LogP contribution in [0.2, 0.25) is 0 Å². The molecular weight excluding hydrogens is 400 g/mol. The molecule has 0 saturated heterocycles. The minimum Gasteiger partial charge on any atom is -0.494 e. The zero-order valence-corrected chi connectivity index (χ0v) is 17.6. The molecule has 3 rings (SSSR count). The summed E-state index contributed by atoms with van der Waals surface area (Å²) in [6, 6.07) is 22.0. The Labute approximate surface area is 177 Å². The zero-order chi connectivity index (χ0) is 21.6. The van der Waals surface area contributed by atoms with Crippen molar-refractivity contribution in [2.45, 2.75) is 24.8 Å². The molecule has 3 aromatic rings. The SMILES string of the molecule is CCOc1ccc(S(=O)(=O)Nc2ccccc2C(=O)N[C@@H](C)c2ccccc2)cc1. The largest absolute Gasteiger partial charge is 0.494 e. The van der Waals surface area contributed by atoms with Crippen LogP contribution >= 0.6 is 0 Å². The molecule has 0 spiro atoms. The highest BCUT2D eigenvalue weighted by Gasteiger charge is 2.20. The van der Waals surface area contributed by atoms with Gasteiger partial charge in [-0.2, -0.15) is 0 Å². The van der Waals surface area contributed by atoms with Crippen molar-refractivity contribution < 1.29 is 17.9 Å². The van der Waals surface area contributed by atoms with Crippen LogP contribution in [0.15, 0.2) is 83.8 Å². The molecule has 30 heavy (non-hydrogen) atoms. The second-order valence-electron chi connectivity index (χ2n) is 6.66. The van der Waals surface area contributed by atoms with E-state index in [1.165, 1.54) is 12.1 Å². The van der Waals surface area contributed by atoms with Crippen LogP contribution in [0.4, 0.5) is 5.69 Å². The molecule has 2 N–H and O–H groups in total. The second-order valence-corrected chi connectivity index (χ2v) is 8.34. The third-order valence-corrected chi connectivity index (χ3v) is 5.89. The molecule has 1 amide bonds. The molecule has 0 aliphatic rings. The number of hydrogen-bond acceptors (Lipinski definition) is 4. The monoisotopic (exact) mass is 424 g/mol. The van der Waals surface area contributed by atoms with Crippen LogP contribution in [0.3, 0.4) is 0 Å². The molecule has 0 heterocycles. The number of carbonyl (C=O) groups excluding carboxylic acids is 1. The van der Waals surface area contributed by atoms with Crippen molar-refractivity contribution >= 4 is 21.6 Å². The summed E-state index contributed by atoms with van der Waals surface area (Å²) in [4.78, 5) is 12.9. The number of benzene rings is 3. The third-order valence-electron chi connectivity index (χ3n) is 4.51. The van der Waals surface area contributed by atoms with Gasteiger partial charge in [-0.1, -0.05) is 42.5 Å². The summed E-state index contributed by atoms with van der Waals surface area (Å²) in [5, 5.41) is 2.91. The minimum absolute atomic E-state index is 0.0822. The summed E-state index contributed by atoms with van der Waals surface area (Å²) < 4.78 is 33.5. The van der Waals surface area contributed by atoms with Crippen LogP contribution < -0.4 is 14.8 Å². The molecule has 0 bridgehead atoms. The Morgan fingerprint density at radius 1 is 0.933 bits per heavy atom. The first-order valence-corrected chi connectivity index (χ1v) is 11.1. The Morgan fingerprint density at radius 2 is 1.57 bits per heavy atom. The van der Waals surface area contributed by atoms with Crippen LogP contribution in [0.1, 0.15) is 35.8 Å². The number of amides is 1. The number of carbonyl (C=O) groups is 1. The van der Waals surface area contributed by atoms with E-state index in [0.29, 0.717) is 12.4 Å². The molecule has 1 atom stereocenters. The maximum absolute atomic E-state index is 12.8. The maximum atomic E-state index is 12.8. The van der Waals surface area contributed by atoms with Crippen molar-refractivity contribution in [3.63, 3.8) is 0 Å². The third kappa shape index (κ3) is 5.18. The van der Waals surface area contributed by atoms with Gasteiger partial charge in [-0.25, -0.2) is 8.42 Å². The molecule has 3 aromatic carbocycles. The lowest BCUT2D eigenvalue weighted by Gasteiger charge is -2.17. The molecule has 0 aliphatic heterocycles. The van der Waals surface area contributed by atoms with E-state index >= 15 is 0 Å². The Hall–Kier alpha value is -3.32. The molecule has 6 nitrogen and oxygen atoms in total. The Kier molecular flexibility index (Phi) is 6.74. The number of hydrogen-bond donors (Lipinski definition) is 2. The first-order valence-electron chi connectivity index (χ1n) is 9.61. The first kappa shape index (κ1) is 21.4. The summed E-state index contributed by atoms with van der Waals surface area (Å²) in [7, 11) is -3.87. The topological polar surface area (TPSA) is 84.5 Å². The van der Waals surface area contributed by atoms with Crippen molar-refractivity contribution in [1.29, 1.82) is 0 Å². The molecule has 0 radical (unpaired) electrons. The van der Waals surface area contributed by atoms with Gasteiger partial charge in [0, 0.05) is 0 Å². The van der Waals surface area contributed by atoms with Crippen LogP contribution in [0.25, 0.3) is 0 Å². The number of rotatable bonds is 8. The van der Waals surface area contributed by atoms with Gasteiger partial charge in [0.2, 0.25) is 0 Å². The summed E-state index contributed by atoms with van der Waals surface area (Å²) >= 11 is 0. The molecule has 0 saturated carbocycles. The van der Waals surface area contributed by atoms with Crippen LogP contribution in [-0.2, 0) is 10.0 Å². The van der Waals surface area contributed by atoms with Gasteiger partial charge in [-0.15, -0.1) is 0 Å². The lowest BCUT2D eigenvalue weighted by Crippen LogP contribution is -2.28. The zero-order valence-electron chi connectivity index (χ0n) is 16.8. The average molecular weight is 425 g/mol. The second kappa shape index (κ2) is 9.45. The van der Waals surface area contributed by atoms with Gasteiger partial charge in [-0.05, 0) is 55.8 Å². The van der Waals surface area contributed by atoms with Gasteiger partial charge in [-0.3, -0.25) is 9.52 Å². The quantitative estimate of drug-likeness (QED) is 0.562. The maximum Gasteiger partial charge on any atom is 0.261 e. The van der Waals surface area contributed by atoms with Crippen molar-refractivity contribution in [1.82, 2.24) is 5.32 Å². The van der Waals surface area contributed by atoms with E-state index in [9.17, 15) is 13.2 Å². The first-order chi connectivity index (χ1) is 14.4. The summed E-state index contributed by atoms with van der Waals surface area (Å²) in [5.74, 6) is 0.225. The van der Waals surface area contributed by atoms with Crippen molar-refractivity contribution in [3.05, 3.63) is 90.0 Å². The number of ether oxygens (including phenoxy) is 1. The highest BCUT2D eigenvalue weighted by atomic mass is 32.2. The van der Waals surface area contributed by atoms with E-state index < -0.39 is 10.0 Å². The van der Waals surface area contributed by atoms with Crippen LogP contribution in [-0.4, -0.2) is 20.9 Å².